The quantitative estimate of drug-likeness (QED) is 0.665. The molecule has 0 amide bonds. The van der Waals surface area contributed by atoms with Gasteiger partial charge in [0, 0.05) is 18.6 Å². The molecule has 0 aromatic carbocycles. The molecule has 2 rings (SSSR count). The molecule has 0 aliphatic heterocycles. The van der Waals surface area contributed by atoms with E-state index in [4.69, 9.17) is 5.84 Å². The van der Waals surface area contributed by atoms with Crippen LogP contribution in [0.25, 0.3) is 0 Å². The molecule has 9 heteroatoms. The van der Waals surface area contributed by atoms with Crippen LogP contribution in [0, 0.1) is 6.92 Å². The molecule has 2 aromatic heterocycles. The van der Waals surface area contributed by atoms with Crippen molar-refractivity contribution in [3.05, 3.63) is 39.9 Å². The molecule has 0 radical (unpaired) electrons. The standard InChI is InChI=1S/C10H10F3N5S/c1-5-2-15-8(16-3-5)7(18-14)6-4-17-9(19-6)10(11,12)13/h2-4,7,18H,14H2,1H3. The van der Waals surface area contributed by atoms with E-state index in [1.807, 2.05) is 6.92 Å². The summed E-state index contributed by atoms with van der Waals surface area (Å²) in [5, 5.41) is -0.921. The molecule has 5 nitrogen and oxygen atoms in total. The number of hydrazine groups is 1. The molecule has 1 unspecified atom stereocenters. The van der Waals surface area contributed by atoms with Gasteiger partial charge in [0.1, 0.15) is 6.04 Å². The Kier molecular flexibility index (Phi) is 3.78. The molecule has 102 valence electrons. The van der Waals surface area contributed by atoms with Gasteiger partial charge in [-0.3, -0.25) is 5.84 Å². The molecule has 0 aliphatic carbocycles. The second kappa shape index (κ2) is 5.19. The van der Waals surface area contributed by atoms with Crippen molar-refractivity contribution in [3.63, 3.8) is 0 Å². The molecule has 19 heavy (non-hydrogen) atoms. The van der Waals surface area contributed by atoms with E-state index in [-0.39, 0.29) is 0 Å². The number of hydrogen-bond donors (Lipinski definition) is 2. The zero-order valence-electron chi connectivity index (χ0n) is 9.77. The van der Waals surface area contributed by atoms with E-state index >= 15 is 0 Å². The van der Waals surface area contributed by atoms with Crippen LogP contribution in [0.15, 0.2) is 18.6 Å². The van der Waals surface area contributed by atoms with Crippen molar-refractivity contribution >= 4 is 11.3 Å². The number of nitrogens with zero attached hydrogens (tertiary/aromatic N) is 3. The van der Waals surface area contributed by atoms with Gasteiger partial charge in [0.25, 0.3) is 0 Å². The number of halogens is 3. The summed E-state index contributed by atoms with van der Waals surface area (Å²) in [6.45, 7) is 1.81. The van der Waals surface area contributed by atoms with Crippen molar-refractivity contribution in [1.82, 2.24) is 20.4 Å². The van der Waals surface area contributed by atoms with E-state index < -0.39 is 17.2 Å². The van der Waals surface area contributed by atoms with E-state index in [2.05, 4.69) is 20.4 Å². The first-order chi connectivity index (χ1) is 8.91. The Bertz CT molecular complexity index is 551. The largest absolute Gasteiger partial charge is 0.443 e. The van der Waals surface area contributed by atoms with Crippen LogP contribution in [0.2, 0.25) is 0 Å². The van der Waals surface area contributed by atoms with E-state index in [0.717, 1.165) is 11.8 Å². The van der Waals surface area contributed by atoms with Crippen molar-refractivity contribution in [1.29, 1.82) is 0 Å². The molecule has 0 saturated heterocycles. The highest BCUT2D eigenvalue weighted by molar-refractivity contribution is 7.11. The molecule has 0 spiro atoms. The molecule has 0 saturated carbocycles. The number of aryl methyl sites for hydroxylation is 1. The summed E-state index contributed by atoms with van der Waals surface area (Å²) in [6.07, 6.45) is -0.200. The summed E-state index contributed by atoms with van der Waals surface area (Å²) in [5.74, 6) is 5.66. The summed E-state index contributed by atoms with van der Waals surface area (Å²) < 4.78 is 37.5. The van der Waals surface area contributed by atoms with Crippen LogP contribution in [0.3, 0.4) is 0 Å². The van der Waals surface area contributed by atoms with Crippen molar-refractivity contribution in [3.8, 4) is 0 Å². The summed E-state index contributed by atoms with van der Waals surface area (Å²) in [6, 6.07) is -0.714. The molecule has 2 heterocycles. The molecular weight excluding hydrogens is 279 g/mol. The maximum Gasteiger partial charge on any atom is 0.443 e. The molecule has 1 atom stereocenters. The maximum absolute atomic E-state index is 12.5. The van der Waals surface area contributed by atoms with Crippen LogP contribution >= 0.6 is 11.3 Å². The number of nitrogens with two attached hydrogens (primary N) is 1. The van der Waals surface area contributed by atoms with Gasteiger partial charge in [-0.15, -0.1) is 11.3 Å². The van der Waals surface area contributed by atoms with Crippen LogP contribution in [0.1, 0.15) is 27.3 Å². The number of aromatic nitrogens is 3. The highest BCUT2D eigenvalue weighted by Crippen LogP contribution is 2.35. The Morgan fingerprint density at radius 3 is 2.32 bits per heavy atom. The SMILES string of the molecule is Cc1cnc(C(NN)c2cnc(C(F)(F)F)s2)nc1. The molecule has 0 bridgehead atoms. The second-order valence-electron chi connectivity index (χ2n) is 3.78. The third-order valence-corrected chi connectivity index (χ3v) is 3.38. The van der Waals surface area contributed by atoms with Gasteiger partial charge in [0.15, 0.2) is 10.8 Å². The number of thiazole rings is 1. The van der Waals surface area contributed by atoms with E-state index in [9.17, 15) is 13.2 Å². The molecule has 3 N–H and O–H groups in total. The average molecular weight is 289 g/mol. The highest BCUT2D eigenvalue weighted by atomic mass is 32.1. The number of nitrogens with one attached hydrogen (secondary N) is 1. The number of alkyl halides is 3. The van der Waals surface area contributed by atoms with Crippen molar-refractivity contribution in [2.75, 3.05) is 0 Å². The zero-order chi connectivity index (χ0) is 14.0. The Balaban J connectivity index is 2.32. The van der Waals surface area contributed by atoms with Gasteiger partial charge in [-0.25, -0.2) is 20.4 Å². The normalized spacial score (nSPS) is 13.5. The summed E-state index contributed by atoms with van der Waals surface area (Å²) in [7, 11) is 0. The lowest BCUT2D eigenvalue weighted by molar-refractivity contribution is -0.137. The van der Waals surface area contributed by atoms with Gasteiger partial charge in [-0.1, -0.05) is 0 Å². The van der Waals surface area contributed by atoms with Crippen LogP contribution in [-0.2, 0) is 6.18 Å². The summed E-state index contributed by atoms with van der Waals surface area (Å²) in [5.41, 5.74) is 3.24. The topological polar surface area (TPSA) is 76.7 Å². The molecule has 2 aromatic rings. The lowest BCUT2D eigenvalue weighted by atomic mass is 10.2. The Morgan fingerprint density at radius 2 is 1.84 bits per heavy atom. The summed E-state index contributed by atoms with van der Waals surface area (Å²) >= 11 is 0.513. The molecule has 0 fully saturated rings. The van der Waals surface area contributed by atoms with Crippen molar-refractivity contribution in [2.24, 2.45) is 5.84 Å². The van der Waals surface area contributed by atoms with Crippen LogP contribution in [-0.4, -0.2) is 15.0 Å². The molecular formula is C10H10F3N5S. The minimum absolute atomic E-state index is 0.297. The Labute approximate surface area is 110 Å². The first-order valence-electron chi connectivity index (χ1n) is 5.19. The Hall–Kier alpha value is -1.58. The first-order valence-corrected chi connectivity index (χ1v) is 6.01. The number of rotatable bonds is 3. The van der Waals surface area contributed by atoms with Gasteiger partial charge in [0.05, 0.1) is 4.88 Å². The van der Waals surface area contributed by atoms with Crippen molar-refractivity contribution < 1.29 is 13.2 Å². The van der Waals surface area contributed by atoms with Crippen LogP contribution < -0.4 is 11.3 Å². The fourth-order valence-corrected chi connectivity index (χ4v) is 2.23. The fourth-order valence-electron chi connectivity index (χ4n) is 1.39. The van der Waals surface area contributed by atoms with Crippen LogP contribution in [0.5, 0.6) is 0 Å². The average Bonchev–Trinajstić information content (AvgIpc) is 2.82. The maximum atomic E-state index is 12.5. The van der Waals surface area contributed by atoms with Gasteiger partial charge < -0.3 is 0 Å². The van der Waals surface area contributed by atoms with Crippen LogP contribution in [0.4, 0.5) is 13.2 Å². The van der Waals surface area contributed by atoms with Gasteiger partial charge in [-0.05, 0) is 12.5 Å². The van der Waals surface area contributed by atoms with E-state index in [0.29, 0.717) is 22.0 Å². The smallest absolute Gasteiger partial charge is 0.270 e. The van der Waals surface area contributed by atoms with Gasteiger partial charge in [-0.2, -0.15) is 13.2 Å². The predicted molar refractivity (Wildman–Crippen MR) is 63.1 cm³/mol. The van der Waals surface area contributed by atoms with E-state index in [1.165, 1.54) is 0 Å². The highest BCUT2D eigenvalue weighted by Gasteiger charge is 2.35. The minimum atomic E-state index is -4.46. The lowest BCUT2D eigenvalue weighted by Crippen LogP contribution is -2.29. The van der Waals surface area contributed by atoms with E-state index in [1.54, 1.807) is 12.4 Å². The minimum Gasteiger partial charge on any atom is -0.270 e. The first kappa shape index (κ1) is 13.8. The fraction of sp³-hybridized carbons (Fsp3) is 0.300. The zero-order valence-corrected chi connectivity index (χ0v) is 10.6. The van der Waals surface area contributed by atoms with Gasteiger partial charge in [0.2, 0.25) is 0 Å². The number of hydrogen-bond acceptors (Lipinski definition) is 6. The van der Waals surface area contributed by atoms with Gasteiger partial charge >= 0.3 is 6.18 Å². The molecule has 0 aliphatic rings. The monoisotopic (exact) mass is 289 g/mol. The second-order valence-corrected chi connectivity index (χ2v) is 4.85. The summed E-state index contributed by atoms with van der Waals surface area (Å²) in [4.78, 5) is 11.7. The third kappa shape index (κ3) is 3.06. The lowest BCUT2D eigenvalue weighted by Gasteiger charge is -2.11. The third-order valence-electron chi connectivity index (χ3n) is 2.28. The predicted octanol–water partition coefficient (Wildman–Crippen LogP) is 1.81. The Morgan fingerprint density at radius 1 is 1.21 bits per heavy atom. The van der Waals surface area contributed by atoms with Crippen molar-refractivity contribution in [2.45, 2.75) is 19.1 Å².